The van der Waals surface area contributed by atoms with E-state index in [4.69, 9.17) is 5.26 Å². The first-order chi connectivity index (χ1) is 8.17. The molecule has 4 heteroatoms. The lowest BCUT2D eigenvalue weighted by Crippen LogP contribution is -2.32. The molecule has 17 heavy (non-hydrogen) atoms. The molecule has 0 radical (unpaired) electrons. The van der Waals surface area contributed by atoms with Crippen LogP contribution < -0.4 is 5.32 Å². The maximum absolute atomic E-state index is 11.8. The van der Waals surface area contributed by atoms with Crippen molar-refractivity contribution in [3.05, 3.63) is 29.6 Å². The molecule has 0 bridgehead atoms. The first-order valence-corrected chi connectivity index (χ1v) is 5.84. The van der Waals surface area contributed by atoms with Crippen LogP contribution in [0.5, 0.6) is 0 Å². The molecule has 0 spiro atoms. The Morgan fingerprint density at radius 1 is 1.59 bits per heavy atom. The molecule has 1 heterocycles. The molecular formula is C13H17N3O. The molecule has 0 aliphatic rings. The summed E-state index contributed by atoms with van der Waals surface area (Å²) in [5.41, 5.74) is 0.813. The zero-order valence-electron chi connectivity index (χ0n) is 10.2. The van der Waals surface area contributed by atoms with Crippen molar-refractivity contribution in [1.82, 2.24) is 10.3 Å². The highest BCUT2D eigenvalue weighted by atomic mass is 16.1. The summed E-state index contributed by atoms with van der Waals surface area (Å²) in [5.74, 6) is -0.182. The SMILES string of the molecule is CCCCC(C)NC(=O)c1ccc(C#N)cn1. The third-order valence-electron chi connectivity index (χ3n) is 2.49. The molecule has 1 amide bonds. The Morgan fingerprint density at radius 3 is 2.88 bits per heavy atom. The number of aromatic nitrogens is 1. The summed E-state index contributed by atoms with van der Waals surface area (Å²) in [5, 5.41) is 11.5. The molecule has 0 saturated heterocycles. The number of nitrogens with zero attached hydrogens (tertiary/aromatic N) is 2. The summed E-state index contributed by atoms with van der Waals surface area (Å²) >= 11 is 0. The van der Waals surface area contributed by atoms with Crippen molar-refractivity contribution < 1.29 is 4.79 Å². The first kappa shape index (κ1) is 13.2. The van der Waals surface area contributed by atoms with Gasteiger partial charge in [0.05, 0.1) is 5.56 Å². The van der Waals surface area contributed by atoms with Gasteiger partial charge in [-0.05, 0) is 25.5 Å². The second kappa shape index (κ2) is 6.64. The van der Waals surface area contributed by atoms with E-state index in [1.165, 1.54) is 6.20 Å². The van der Waals surface area contributed by atoms with E-state index in [1.54, 1.807) is 12.1 Å². The van der Waals surface area contributed by atoms with Crippen molar-refractivity contribution in [3.8, 4) is 6.07 Å². The van der Waals surface area contributed by atoms with Gasteiger partial charge in [0.25, 0.3) is 5.91 Å². The van der Waals surface area contributed by atoms with Gasteiger partial charge in [-0.25, -0.2) is 4.98 Å². The van der Waals surface area contributed by atoms with Gasteiger partial charge in [-0.15, -0.1) is 0 Å². The number of nitriles is 1. The monoisotopic (exact) mass is 231 g/mol. The highest BCUT2D eigenvalue weighted by Crippen LogP contribution is 2.02. The van der Waals surface area contributed by atoms with E-state index in [2.05, 4.69) is 17.2 Å². The molecule has 1 rings (SSSR count). The molecule has 1 N–H and O–H groups in total. The molecule has 0 fully saturated rings. The van der Waals surface area contributed by atoms with Crippen LogP contribution in [0.3, 0.4) is 0 Å². The van der Waals surface area contributed by atoms with Crippen LogP contribution in [0.1, 0.15) is 49.2 Å². The summed E-state index contributed by atoms with van der Waals surface area (Å²) in [6, 6.07) is 5.29. The van der Waals surface area contributed by atoms with Crippen LogP contribution >= 0.6 is 0 Å². The Bertz CT molecular complexity index is 406. The van der Waals surface area contributed by atoms with Gasteiger partial charge in [-0.3, -0.25) is 4.79 Å². The molecule has 1 unspecified atom stereocenters. The molecule has 1 aromatic heterocycles. The van der Waals surface area contributed by atoms with Crippen LogP contribution in [0.15, 0.2) is 18.3 Å². The van der Waals surface area contributed by atoms with E-state index in [-0.39, 0.29) is 11.9 Å². The lowest BCUT2D eigenvalue weighted by atomic mass is 10.1. The number of unbranched alkanes of at least 4 members (excludes halogenated alkanes) is 1. The van der Waals surface area contributed by atoms with Crippen molar-refractivity contribution >= 4 is 5.91 Å². The van der Waals surface area contributed by atoms with E-state index in [0.29, 0.717) is 11.3 Å². The molecule has 0 aliphatic heterocycles. The largest absolute Gasteiger partial charge is 0.348 e. The van der Waals surface area contributed by atoms with E-state index in [9.17, 15) is 4.79 Å². The summed E-state index contributed by atoms with van der Waals surface area (Å²) in [6.45, 7) is 4.11. The highest BCUT2D eigenvalue weighted by Gasteiger charge is 2.10. The highest BCUT2D eigenvalue weighted by molar-refractivity contribution is 5.92. The molecule has 90 valence electrons. The van der Waals surface area contributed by atoms with E-state index >= 15 is 0 Å². The van der Waals surface area contributed by atoms with E-state index in [0.717, 1.165) is 19.3 Å². The number of carbonyl (C=O) groups is 1. The number of pyridine rings is 1. The average Bonchev–Trinajstić information content (AvgIpc) is 2.36. The third kappa shape index (κ3) is 4.23. The Balaban J connectivity index is 2.54. The Kier molecular flexibility index (Phi) is 5.15. The first-order valence-electron chi connectivity index (χ1n) is 5.84. The molecule has 4 nitrogen and oxygen atoms in total. The van der Waals surface area contributed by atoms with Crippen molar-refractivity contribution in [3.63, 3.8) is 0 Å². The van der Waals surface area contributed by atoms with Gasteiger partial charge in [-0.2, -0.15) is 5.26 Å². The van der Waals surface area contributed by atoms with Gasteiger partial charge < -0.3 is 5.32 Å². The predicted molar refractivity (Wildman–Crippen MR) is 65.4 cm³/mol. The lowest BCUT2D eigenvalue weighted by Gasteiger charge is -2.12. The molecule has 0 aliphatic carbocycles. The maximum atomic E-state index is 11.8. The fourth-order valence-electron chi connectivity index (χ4n) is 1.47. The van der Waals surface area contributed by atoms with Crippen molar-refractivity contribution in [2.75, 3.05) is 0 Å². The van der Waals surface area contributed by atoms with Crippen LogP contribution in [0.25, 0.3) is 0 Å². The summed E-state index contributed by atoms with van der Waals surface area (Å²) < 4.78 is 0. The van der Waals surface area contributed by atoms with Crippen molar-refractivity contribution in [1.29, 1.82) is 5.26 Å². The fraction of sp³-hybridized carbons (Fsp3) is 0.462. The topological polar surface area (TPSA) is 65.8 Å². The normalized spacial score (nSPS) is 11.6. The van der Waals surface area contributed by atoms with Crippen LogP contribution in [0, 0.1) is 11.3 Å². The molecular weight excluding hydrogens is 214 g/mol. The minimum absolute atomic E-state index is 0.153. The smallest absolute Gasteiger partial charge is 0.270 e. The standard InChI is InChI=1S/C13H17N3O/c1-3-4-5-10(2)16-13(17)12-7-6-11(8-14)9-15-12/h6-7,9-10H,3-5H2,1-2H3,(H,16,17). The Hall–Kier alpha value is -1.89. The summed E-state index contributed by atoms with van der Waals surface area (Å²) in [4.78, 5) is 15.7. The number of hydrogen-bond donors (Lipinski definition) is 1. The number of carbonyl (C=O) groups excluding carboxylic acids is 1. The number of hydrogen-bond acceptors (Lipinski definition) is 3. The summed E-state index contributed by atoms with van der Waals surface area (Å²) in [6.07, 6.45) is 4.60. The van der Waals surface area contributed by atoms with Gasteiger partial charge in [0.1, 0.15) is 11.8 Å². The predicted octanol–water partition coefficient (Wildman–Crippen LogP) is 2.26. The van der Waals surface area contributed by atoms with Gasteiger partial charge in [0.15, 0.2) is 0 Å². The molecule has 0 saturated carbocycles. The van der Waals surface area contributed by atoms with Crippen molar-refractivity contribution in [2.45, 2.75) is 39.2 Å². The third-order valence-corrected chi connectivity index (χ3v) is 2.49. The quantitative estimate of drug-likeness (QED) is 0.845. The van der Waals surface area contributed by atoms with Crippen LogP contribution in [0.2, 0.25) is 0 Å². The van der Waals surface area contributed by atoms with Crippen LogP contribution in [-0.4, -0.2) is 16.9 Å². The minimum atomic E-state index is -0.182. The van der Waals surface area contributed by atoms with Gasteiger partial charge >= 0.3 is 0 Å². The molecule has 0 aromatic carbocycles. The minimum Gasteiger partial charge on any atom is -0.348 e. The zero-order chi connectivity index (χ0) is 12.7. The van der Waals surface area contributed by atoms with E-state index < -0.39 is 0 Å². The average molecular weight is 231 g/mol. The van der Waals surface area contributed by atoms with Crippen molar-refractivity contribution in [2.24, 2.45) is 0 Å². The lowest BCUT2D eigenvalue weighted by molar-refractivity contribution is 0.0933. The van der Waals surface area contributed by atoms with Gasteiger partial charge in [-0.1, -0.05) is 19.8 Å². The molecule has 1 aromatic rings. The summed E-state index contributed by atoms with van der Waals surface area (Å²) in [7, 11) is 0. The van der Waals surface area contributed by atoms with Gasteiger partial charge in [0, 0.05) is 12.2 Å². The number of amides is 1. The van der Waals surface area contributed by atoms with Crippen LogP contribution in [-0.2, 0) is 0 Å². The fourth-order valence-corrected chi connectivity index (χ4v) is 1.47. The Labute approximate surface area is 102 Å². The Morgan fingerprint density at radius 2 is 2.35 bits per heavy atom. The van der Waals surface area contributed by atoms with Crippen LogP contribution in [0.4, 0.5) is 0 Å². The number of nitrogens with one attached hydrogen (secondary N) is 1. The second-order valence-corrected chi connectivity index (χ2v) is 4.06. The molecule has 1 atom stereocenters. The van der Waals surface area contributed by atoms with E-state index in [1.807, 2.05) is 13.0 Å². The maximum Gasteiger partial charge on any atom is 0.270 e. The second-order valence-electron chi connectivity index (χ2n) is 4.06. The van der Waals surface area contributed by atoms with Gasteiger partial charge in [0.2, 0.25) is 0 Å². The zero-order valence-corrected chi connectivity index (χ0v) is 10.2. The number of rotatable bonds is 5.